The highest BCUT2D eigenvalue weighted by Crippen LogP contribution is 2.40. The summed E-state index contributed by atoms with van der Waals surface area (Å²) in [6.45, 7) is 9.97. The van der Waals surface area contributed by atoms with E-state index < -0.39 is 0 Å². The van der Waals surface area contributed by atoms with E-state index in [1.165, 1.54) is 124 Å². The molecule has 0 saturated carbocycles. The summed E-state index contributed by atoms with van der Waals surface area (Å²) in [6, 6.07) is 21.1. The Labute approximate surface area is 316 Å². The van der Waals surface area contributed by atoms with Crippen molar-refractivity contribution in [2.24, 2.45) is 0 Å². The molecule has 7 heteroatoms. The van der Waals surface area contributed by atoms with Crippen molar-refractivity contribution in [2.45, 2.75) is 118 Å². The number of nitrogens with one attached hydrogen (secondary N) is 1. The predicted molar refractivity (Wildman–Crippen MR) is 222 cm³/mol. The Morgan fingerprint density at radius 2 is 1.40 bits per heavy atom. The standard InChI is InChI=1S/C46H57N7/c1-5-6-7-8-9-10-11-12-13-14-15-16-17-22-34-52-37(4)36(3)39(40-25-20-21-28-43(40)52)24-18-19-26-41-44(38-31-29-35(2)30-32-38)51-53-45(41)49-50-46(53)42-27-23-33-47-48-42/h18,20-21,23-33,51H,5-17,22,34H2,1-4H3. The van der Waals surface area contributed by atoms with E-state index in [0.29, 0.717) is 17.2 Å². The van der Waals surface area contributed by atoms with Crippen molar-refractivity contribution in [2.75, 3.05) is 11.4 Å². The SMILES string of the molecule is CCCCCCCCCCCCCCCCN1C(C)=C(C)C(=CC=C=Cc2c(-c3ccc(C)cc3)[nH]n3c(-c4cccnn4)nnc23)c2ccccc21. The fourth-order valence-corrected chi connectivity index (χ4v) is 7.46. The number of nitrogens with zero attached hydrogens (tertiary/aromatic N) is 6. The van der Waals surface area contributed by atoms with Gasteiger partial charge in [0.1, 0.15) is 5.69 Å². The largest absolute Gasteiger partial charge is 0.345 e. The summed E-state index contributed by atoms with van der Waals surface area (Å²) in [6.07, 6.45) is 27.2. The monoisotopic (exact) mass is 707 g/mol. The molecule has 276 valence electrons. The third-order valence-corrected chi connectivity index (χ3v) is 10.7. The number of aromatic amines is 1. The van der Waals surface area contributed by atoms with Gasteiger partial charge in [0.25, 0.3) is 0 Å². The number of H-pyrrole nitrogens is 1. The van der Waals surface area contributed by atoms with Crippen molar-refractivity contribution in [1.29, 1.82) is 0 Å². The van der Waals surface area contributed by atoms with Gasteiger partial charge in [-0.05, 0) is 74.8 Å². The van der Waals surface area contributed by atoms with E-state index in [1.807, 2.05) is 28.8 Å². The highest BCUT2D eigenvalue weighted by molar-refractivity contribution is 5.91. The van der Waals surface area contributed by atoms with Crippen LogP contribution >= 0.6 is 0 Å². The van der Waals surface area contributed by atoms with Gasteiger partial charge in [-0.2, -0.15) is 5.10 Å². The second kappa shape index (κ2) is 19.2. The second-order valence-corrected chi connectivity index (χ2v) is 14.6. The molecule has 0 fully saturated rings. The number of anilines is 1. The van der Waals surface area contributed by atoms with Crippen molar-refractivity contribution in [3.63, 3.8) is 0 Å². The minimum absolute atomic E-state index is 0.612. The summed E-state index contributed by atoms with van der Waals surface area (Å²) in [5.41, 5.74) is 15.4. The van der Waals surface area contributed by atoms with Gasteiger partial charge in [0.2, 0.25) is 5.82 Å². The maximum Gasteiger partial charge on any atom is 0.203 e. The first-order chi connectivity index (χ1) is 26.1. The number of aryl methyl sites for hydroxylation is 1. The minimum atomic E-state index is 0.612. The number of benzene rings is 2. The first-order valence-electron chi connectivity index (χ1n) is 20.1. The molecule has 0 atom stereocenters. The van der Waals surface area contributed by atoms with Crippen molar-refractivity contribution >= 4 is 23.0 Å². The molecule has 5 aromatic rings. The van der Waals surface area contributed by atoms with Gasteiger partial charge < -0.3 is 4.90 Å². The normalized spacial score (nSPS) is 13.5. The molecule has 2 aromatic carbocycles. The third kappa shape index (κ3) is 9.52. The summed E-state index contributed by atoms with van der Waals surface area (Å²) in [4.78, 5) is 2.53. The van der Waals surface area contributed by atoms with Crippen LogP contribution in [0, 0.1) is 6.92 Å². The van der Waals surface area contributed by atoms with E-state index in [2.05, 4.69) is 118 Å². The van der Waals surface area contributed by atoms with E-state index in [4.69, 9.17) is 0 Å². The van der Waals surface area contributed by atoms with Crippen LogP contribution in [0.5, 0.6) is 0 Å². The number of fused-ring (bicyclic) bond motifs is 2. The molecule has 4 heterocycles. The number of allylic oxidation sites excluding steroid dienone is 5. The van der Waals surface area contributed by atoms with Crippen molar-refractivity contribution < 1.29 is 0 Å². The van der Waals surface area contributed by atoms with E-state index in [0.717, 1.165) is 23.4 Å². The van der Waals surface area contributed by atoms with Crippen LogP contribution < -0.4 is 4.90 Å². The molecule has 1 N–H and O–H groups in total. The van der Waals surface area contributed by atoms with Crippen LogP contribution in [0.4, 0.5) is 5.69 Å². The average Bonchev–Trinajstić information content (AvgIpc) is 3.76. The first kappa shape index (κ1) is 37.7. The number of rotatable bonds is 19. The Bertz CT molecular complexity index is 2040. The maximum absolute atomic E-state index is 4.56. The van der Waals surface area contributed by atoms with E-state index >= 15 is 0 Å². The fraction of sp³-hybridized carbons (Fsp3) is 0.413. The number of hydrogen-bond donors (Lipinski definition) is 1. The lowest BCUT2D eigenvalue weighted by molar-refractivity contribution is 0.535. The molecule has 0 unspecified atom stereocenters. The lowest BCUT2D eigenvalue weighted by Crippen LogP contribution is -2.27. The van der Waals surface area contributed by atoms with E-state index in [-0.39, 0.29) is 0 Å². The molecular weight excluding hydrogens is 651 g/mol. The number of unbranched alkanes of at least 4 members (excludes halogenated alkanes) is 13. The van der Waals surface area contributed by atoms with Gasteiger partial charge in [0.05, 0.1) is 11.3 Å². The van der Waals surface area contributed by atoms with Gasteiger partial charge in [0, 0.05) is 35.3 Å². The summed E-state index contributed by atoms with van der Waals surface area (Å²) in [7, 11) is 0. The summed E-state index contributed by atoms with van der Waals surface area (Å²) < 4.78 is 1.88. The zero-order valence-corrected chi connectivity index (χ0v) is 32.4. The Hall–Kier alpha value is -5.00. The first-order valence-corrected chi connectivity index (χ1v) is 20.1. The molecule has 0 amide bonds. The molecule has 53 heavy (non-hydrogen) atoms. The quantitative estimate of drug-likeness (QED) is 0.0683. The van der Waals surface area contributed by atoms with Gasteiger partial charge in [0.15, 0.2) is 5.65 Å². The Balaban J connectivity index is 1.11. The molecule has 0 saturated heterocycles. The summed E-state index contributed by atoms with van der Waals surface area (Å²) >= 11 is 0. The summed E-state index contributed by atoms with van der Waals surface area (Å²) in [5.74, 6) is 0.612. The minimum Gasteiger partial charge on any atom is -0.345 e. The molecule has 0 aliphatic carbocycles. The Morgan fingerprint density at radius 1 is 0.717 bits per heavy atom. The number of para-hydroxylation sites is 1. The smallest absolute Gasteiger partial charge is 0.203 e. The Kier molecular flexibility index (Phi) is 13.7. The predicted octanol–water partition coefficient (Wildman–Crippen LogP) is 12.3. The summed E-state index contributed by atoms with van der Waals surface area (Å²) in [5, 5.41) is 20.8. The van der Waals surface area contributed by atoms with Crippen LogP contribution in [0.15, 0.2) is 96.0 Å². The van der Waals surface area contributed by atoms with Crippen molar-refractivity contribution in [1.82, 2.24) is 30.0 Å². The van der Waals surface area contributed by atoms with Crippen LogP contribution in [0.1, 0.15) is 127 Å². The molecule has 0 radical (unpaired) electrons. The molecule has 3 aromatic heterocycles. The topological polar surface area (TPSA) is 75.0 Å². The van der Waals surface area contributed by atoms with E-state index in [1.54, 1.807) is 6.20 Å². The van der Waals surface area contributed by atoms with Crippen LogP contribution in [-0.2, 0) is 0 Å². The molecule has 0 bridgehead atoms. The lowest BCUT2D eigenvalue weighted by Gasteiger charge is -2.34. The van der Waals surface area contributed by atoms with Gasteiger partial charge in [-0.1, -0.05) is 138 Å². The highest BCUT2D eigenvalue weighted by atomic mass is 15.4. The van der Waals surface area contributed by atoms with E-state index in [9.17, 15) is 0 Å². The molecule has 6 rings (SSSR count). The van der Waals surface area contributed by atoms with Crippen LogP contribution in [0.3, 0.4) is 0 Å². The fourth-order valence-electron chi connectivity index (χ4n) is 7.46. The van der Waals surface area contributed by atoms with Gasteiger partial charge in [-0.15, -0.1) is 21.0 Å². The van der Waals surface area contributed by atoms with Crippen LogP contribution in [0.25, 0.3) is 40.1 Å². The molecule has 7 nitrogen and oxygen atoms in total. The molecular formula is C46H57N7. The van der Waals surface area contributed by atoms with Gasteiger partial charge >= 0.3 is 0 Å². The van der Waals surface area contributed by atoms with Crippen LogP contribution in [0.2, 0.25) is 0 Å². The second-order valence-electron chi connectivity index (χ2n) is 14.6. The van der Waals surface area contributed by atoms with Crippen molar-refractivity contribution in [3.05, 3.63) is 113 Å². The molecule has 1 aliphatic rings. The number of aromatic nitrogens is 6. The zero-order valence-electron chi connectivity index (χ0n) is 32.4. The van der Waals surface area contributed by atoms with Gasteiger partial charge in [-0.25, -0.2) is 4.52 Å². The Morgan fingerprint density at radius 3 is 2.08 bits per heavy atom. The third-order valence-electron chi connectivity index (χ3n) is 10.7. The highest BCUT2D eigenvalue weighted by Gasteiger charge is 2.23. The maximum atomic E-state index is 4.56. The molecule has 1 aliphatic heterocycles. The zero-order chi connectivity index (χ0) is 36.8. The van der Waals surface area contributed by atoms with Gasteiger partial charge in [-0.3, -0.25) is 5.10 Å². The lowest BCUT2D eigenvalue weighted by atomic mass is 9.90. The van der Waals surface area contributed by atoms with Crippen molar-refractivity contribution in [3.8, 4) is 22.8 Å². The molecule has 0 spiro atoms. The average molecular weight is 708 g/mol. The number of hydrogen-bond acceptors (Lipinski definition) is 5. The van der Waals surface area contributed by atoms with Crippen LogP contribution in [-0.4, -0.2) is 36.6 Å².